The van der Waals surface area contributed by atoms with Gasteiger partial charge in [-0.2, -0.15) is 0 Å². The lowest BCUT2D eigenvalue weighted by atomic mass is 9.70. The topological polar surface area (TPSA) is 26.0 Å². The summed E-state index contributed by atoms with van der Waals surface area (Å²) in [6.45, 7) is 0. The molecule has 0 amide bonds. The molecule has 6 aromatic carbocycles. The summed E-state index contributed by atoms with van der Waals surface area (Å²) in [6, 6.07) is 50.5. The normalized spacial score (nSPS) is 13.6. The van der Waals surface area contributed by atoms with Crippen LogP contribution in [0.5, 0.6) is 0 Å². The van der Waals surface area contributed by atoms with Gasteiger partial charge in [-0.3, -0.25) is 0 Å². The van der Waals surface area contributed by atoms with Gasteiger partial charge in [-0.25, -0.2) is 0 Å². The van der Waals surface area contributed by atoms with Gasteiger partial charge in [0.25, 0.3) is 0 Å². The van der Waals surface area contributed by atoms with Crippen LogP contribution < -0.4 is 5.73 Å². The van der Waals surface area contributed by atoms with E-state index in [1.807, 2.05) is 0 Å². The fourth-order valence-electron chi connectivity index (χ4n) is 6.88. The number of hydrogen-bond donors (Lipinski definition) is 1. The maximum absolute atomic E-state index is 6.90. The molecule has 2 aliphatic carbocycles. The van der Waals surface area contributed by atoms with Gasteiger partial charge in [0.15, 0.2) is 0 Å². The van der Waals surface area contributed by atoms with Crippen LogP contribution in [0, 0.1) is 0 Å². The maximum atomic E-state index is 6.90. The Kier molecular flexibility index (Phi) is 4.36. The van der Waals surface area contributed by atoms with Crippen molar-refractivity contribution in [2.24, 2.45) is 0 Å². The van der Waals surface area contributed by atoms with E-state index in [0.717, 1.165) is 16.8 Å². The van der Waals surface area contributed by atoms with Crippen LogP contribution in [0.2, 0.25) is 0 Å². The number of benzene rings is 6. The van der Waals surface area contributed by atoms with Gasteiger partial charge >= 0.3 is 0 Å². The molecular formula is C37H25N. The van der Waals surface area contributed by atoms with Crippen LogP contribution in [-0.2, 0) is 5.41 Å². The fourth-order valence-corrected chi connectivity index (χ4v) is 6.88. The molecule has 38 heavy (non-hydrogen) atoms. The van der Waals surface area contributed by atoms with Gasteiger partial charge < -0.3 is 5.73 Å². The molecule has 0 bridgehead atoms. The number of fused-ring (bicyclic) bond motifs is 10. The van der Waals surface area contributed by atoms with Gasteiger partial charge in [-0.05, 0) is 73.3 Å². The molecule has 0 heterocycles. The third-order valence-electron chi connectivity index (χ3n) is 8.47. The van der Waals surface area contributed by atoms with Crippen LogP contribution in [0.25, 0.3) is 44.5 Å². The quantitative estimate of drug-likeness (QED) is 0.244. The molecule has 8 rings (SSSR count). The van der Waals surface area contributed by atoms with E-state index < -0.39 is 0 Å². The molecule has 1 nitrogen and oxygen atoms in total. The molecule has 0 radical (unpaired) electrons. The van der Waals surface area contributed by atoms with Crippen molar-refractivity contribution in [1.82, 2.24) is 0 Å². The van der Waals surface area contributed by atoms with Crippen molar-refractivity contribution in [3.63, 3.8) is 0 Å². The molecular weight excluding hydrogens is 458 g/mol. The molecule has 0 saturated heterocycles. The minimum Gasteiger partial charge on any atom is -0.398 e. The van der Waals surface area contributed by atoms with Crippen molar-refractivity contribution in [3.8, 4) is 44.5 Å². The first kappa shape index (κ1) is 21.2. The largest absolute Gasteiger partial charge is 0.398 e. The number of anilines is 1. The molecule has 2 aliphatic rings. The Morgan fingerprint density at radius 2 is 0.789 bits per heavy atom. The zero-order chi connectivity index (χ0) is 25.3. The van der Waals surface area contributed by atoms with Crippen molar-refractivity contribution in [1.29, 1.82) is 0 Å². The summed E-state index contributed by atoms with van der Waals surface area (Å²) in [6.07, 6.45) is 0. The van der Waals surface area contributed by atoms with E-state index >= 15 is 0 Å². The average molecular weight is 484 g/mol. The monoisotopic (exact) mass is 483 g/mol. The van der Waals surface area contributed by atoms with Gasteiger partial charge in [0.2, 0.25) is 0 Å². The second-order valence-electron chi connectivity index (χ2n) is 10.3. The molecule has 2 N–H and O–H groups in total. The van der Waals surface area contributed by atoms with Crippen molar-refractivity contribution in [3.05, 3.63) is 162 Å². The van der Waals surface area contributed by atoms with Crippen LogP contribution in [0.4, 0.5) is 5.69 Å². The van der Waals surface area contributed by atoms with Crippen LogP contribution in [0.15, 0.2) is 140 Å². The van der Waals surface area contributed by atoms with Crippen molar-refractivity contribution in [2.45, 2.75) is 5.41 Å². The Morgan fingerprint density at radius 1 is 0.342 bits per heavy atom. The zero-order valence-corrected chi connectivity index (χ0v) is 20.9. The van der Waals surface area contributed by atoms with E-state index in [-0.39, 0.29) is 5.41 Å². The average Bonchev–Trinajstić information content (AvgIpc) is 3.44. The highest BCUT2D eigenvalue weighted by atomic mass is 14.6. The van der Waals surface area contributed by atoms with E-state index in [2.05, 4.69) is 140 Å². The van der Waals surface area contributed by atoms with Gasteiger partial charge in [-0.15, -0.1) is 0 Å². The Balaban J connectivity index is 1.37. The lowest BCUT2D eigenvalue weighted by Crippen LogP contribution is -2.26. The Morgan fingerprint density at radius 3 is 1.37 bits per heavy atom. The van der Waals surface area contributed by atoms with Crippen LogP contribution in [-0.4, -0.2) is 0 Å². The van der Waals surface area contributed by atoms with Crippen molar-refractivity contribution < 1.29 is 0 Å². The summed E-state index contributed by atoms with van der Waals surface area (Å²) in [7, 11) is 0. The van der Waals surface area contributed by atoms with E-state index in [1.54, 1.807) is 0 Å². The Bertz CT molecular complexity index is 1820. The zero-order valence-electron chi connectivity index (χ0n) is 20.9. The van der Waals surface area contributed by atoms with Gasteiger partial charge in [0.1, 0.15) is 0 Å². The molecule has 0 atom stereocenters. The molecule has 0 unspecified atom stereocenters. The standard InChI is InChI=1S/C37H25N/c38-36-23-35-31(22-30(36)26-20-18-25(19-21-26)24-10-2-1-3-11-24)29-14-6-9-17-34(29)37(35)32-15-7-4-12-27(32)28-13-5-8-16-33(28)37/h1-23H,38H2. The summed E-state index contributed by atoms with van der Waals surface area (Å²) in [5.41, 5.74) is 22.5. The summed E-state index contributed by atoms with van der Waals surface area (Å²) < 4.78 is 0. The third kappa shape index (κ3) is 2.71. The van der Waals surface area contributed by atoms with Gasteiger partial charge in [0.05, 0.1) is 5.41 Å². The minimum atomic E-state index is -0.358. The minimum absolute atomic E-state index is 0.358. The molecule has 0 aromatic heterocycles. The van der Waals surface area contributed by atoms with E-state index in [0.29, 0.717) is 0 Å². The lowest BCUT2D eigenvalue weighted by molar-refractivity contribution is 0.794. The molecule has 0 fully saturated rings. The highest BCUT2D eigenvalue weighted by Crippen LogP contribution is 2.63. The van der Waals surface area contributed by atoms with Crippen LogP contribution in [0.3, 0.4) is 0 Å². The SMILES string of the molecule is Nc1cc2c(cc1-c1ccc(-c3ccccc3)cc1)-c1ccccc1C21c2ccccc2-c2ccccc21. The first-order chi connectivity index (χ1) is 18.8. The summed E-state index contributed by atoms with van der Waals surface area (Å²) in [4.78, 5) is 0. The summed E-state index contributed by atoms with van der Waals surface area (Å²) in [5, 5.41) is 0. The number of hydrogen-bond acceptors (Lipinski definition) is 1. The molecule has 178 valence electrons. The highest BCUT2D eigenvalue weighted by molar-refractivity contribution is 5.97. The first-order valence-corrected chi connectivity index (χ1v) is 13.2. The second kappa shape index (κ2) is 7.81. The fraction of sp³-hybridized carbons (Fsp3) is 0.0270. The second-order valence-corrected chi connectivity index (χ2v) is 10.3. The van der Waals surface area contributed by atoms with Crippen LogP contribution in [0.1, 0.15) is 22.3 Å². The molecule has 1 heteroatoms. The smallest absolute Gasteiger partial charge is 0.0726 e. The molecule has 1 spiro atoms. The summed E-state index contributed by atoms with van der Waals surface area (Å²) >= 11 is 0. The number of rotatable bonds is 2. The molecule has 6 aromatic rings. The number of nitrogen functional groups attached to an aromatic ring is 1. The first-order valence-electron chi connectivity index (χ1n) is 13.2. The molecule has 0 saturated carbocycles. The van der Waals surface area contributed by atoms with Crippen molar-refractivity contribution >= 4 is 5.69 Å². The highest BCUT2D eigenvalue weighted by Gasteiger charge is 2.51. The Hall–Kier alpha value is -4.88. The lowest BCUT2D eigenvalue weighted by Gasteiger charge is -2.30. The van der Waals surface area contributed by atoms with E-state index in [1.165, 1.54) is 55.6 Å². The molecule has 0 aliphatic heterocycles. The van der Waals surface area contributed by atoms with Crippen LogP contribution >= 0.6 is 0 Å². The third-order valence-corrected chi connectivity index (χ3v) is 8.47. The Labute approximate surface area is 222 Å². The van der Waals surface area contributed by atoms with E-state index in [9.17, 15) is 0 Å². The predicted molar refractivity (Wildman–Crippen MR) is 158 cm³/mol. The number of nitrogens with two attached hydrogens (primary N) is 1. The summed E-state index contributed by atoms with van der Waals surface area (Å²) in [5.74, 6) is 0. The maximum Gasteiger partial charge on any atom is 0.0726 e. The van der Waals surface area contributed by atoms with Gasteiger partial charge in [0, 0.05) is 11.3 Å². The predicted octanol–water partition coefficient (Wildman–Crippen LogP) is 8.95. The van der Waals surface area contributed by atoms with Gasteiger partial charge in [-0.1, -0.05) is 127 Å². The van der Waals surface area contributed by atoms with E-state index in [4.69, 9.17) is 5.73 Å². The van der Waals surface area contributed by atoms with Crippen molar-refractivity contribution in [2.75, 3.05) is 5.73 Å².